The van der Waals surface area contributed by atoms with E-state index in [2.05, 4.69) is 15.4 Å². The summed E-state index contributed by atoms with van der Waals surface area (Å²) in [5, 5.41) is 14.1. The van der Waals surface area contributed by atoms with Crippen molar-refractivity contribution in [1.29, 1.82) is 0 Å². The van der Waals surface area contributed by atoms with E-state index in [9.17, 15) is 14.4 Å². The molecule has 8 heteroatoms. The molecule has 0 spiro atoms. The number of amides is 2. The van der Waals surface area contributed by atoms with Crippen molar-refractivity contribution in [1.82, 2.24) is 10.6 Å². The molecule has 3 N–H and O–H groups in total. The van der Waals surface area contributed by atoms with Crippen LogP contribution >= 0.6 is 0 Å². The van der Waals surface area contributed by atoms with Gasteiger partial charge in [0.15, 0.2) is 0 Å². The Morgan fingerprint density at radius 1 is 1.38 bits per heavy atom. The Balaban J connectivity index is 2.40. The molecule has 0 bridgehead atoms. The fourth-order valence-corrected chi connectivity index (χ4v) is 2.09. The first-order valence-corrected chi connectivity index (χ1v) is 6.88. The number of carboxylic acids is 1. The van der Waals surface area contributed by atoms with Crippen LogP contribution in [-0.4, -0.2) is 55.5 Å². The van der Waals surface area contributed by atoms with Gasteiger partial charge in [-0.15, -0.1) is 0 Å². The van der Waals surface area contributed by atoms with E-state index in [1.165, 1.54) is 7.11 Å². The van der Waals surface area contributed by atoms with Crippen LogP contribution in [0.1, 0.15) is 26.2 Å². The molecule has 21 heavy (non-hydrogen) atoms. The quantitative estimate of drug-likeness (QED) is 0.575. The fraction of sp³-hybridized carbons (Fsp3) is 0.769. The van der Waals surface area contributed by atoms with Crippen molar-refractivity contribution >= 4 is 18.0 Å². The molecule has 0 aromatic heterocycles. The summed E-state index contributed by atoms with van der Waals surface area (Å²) in [6, 6.07) is -1.80. The van der Waals surface area contributed by atoms with Crippen molar-refractivity contribution in [3.8, 4) is 0 Å². The van der Waals surface area contributed by atoms with Gasteiger partial charge in [0.2, 0.25) is 0 Å². The minimum atomic E-state index is -1.19. The maximum Gasteiger partial charge on any atom is 0.326 e. The van der Waals surface area contributed by atoms with Crippen LogP contribution in [0.25, 0.3) is 0 Å². The summed E-state index contributed by atoms with van der Waals surface area (Å²) in [5.41, 5.74) is 0. The highest BCUT2D eigenvalue weighted by Gasteiger charge is 2.26. The van der Waals surface area contributed by atoms with Crippen molar-refractivity contribution in [2.24, 2.45) is 5.92 Å². The summed E-state index contributed by atoms with van der Waals surface area (Å²) >= 11 is 0. The highest BCUT2D eigenvalue weighted by Crippen LogP contribution is 2.16. The van der Waals surface area contributed by atoms with Gasteiger partial charge in [0.1, 0.15) is 6.04 Å². The van der Waals surface area contributed by atoms with Crippen molar-refractivity contribution in [2.45, 2.75) is 38.3 Å². The van der Waals surface area contributed by atoms with E-state index in [1.54, 1.807) is 0 Å². The van der Waals surface area contributed by atoms with Crippen LogP contribution in [0.15, 0.2) is 0 Å². The molecule has 0 saturated carbocycles. The van der Waals surface area contributed by atoms with E-state index in [0.29, 0.717) is 13.2 Å². The third-order valence-corrected chi connectivity index (χ3v) is 3.50. The first kappa shape index (κ1) is 17.2. The number of nitrogens with one attached hydrogen (secondary N) is 2. The molecule has 1 fully saturated rings. The van der Waals surface area contributed by atoms with Crippen molar-refractivity contribution in [3.05, 3.63) is 0 Å². The van der Waals surface area contributed by atoms with Gasteiger partial charge in [0, 0.05) is 25.0 Å². The summed E-state index contributed by atoms with van der Waals surface area (Å²) in [7, 11) is 1.23. The SMILES string of the molecule is COC(=O)CC[C@@H](NC(=O)NC(C)C1CCOC1)C(=O)O. The molecule has 0 radical (unpaired) electrons. The van der Waals surface area contributed by atoms with Gasteiger partial charge in [-0.05, 0) is 19.8 Å². The van der Waals surface area contributed by atoms with Gasteiger partial charge in [-0.3, -0.25) is 4.79 Å². The average molecular weight is 302 g/mol. The van der Waals surface area contributed by atoms with Crippen LogP contribution in [0.2, 0.25) is 0 Å². The predicted molar refractivity (Wildman–Crippen MR) is 72.7 cm³/mol. The number of urea groups is 1. The Kier molecular flexibility index (Phi) is 6.93. The largest absolute Gasteiger partial charge is 0.480 e. The molecule has 2 amide bonds. The summed E-state index contributed by atoms with van der Waals surface area (Å²) in [5.74, 6) is -1.47. The van der Waals surface area contributed by atoms with Gasteiger partial charge < -0.3 is 25.2 Å². The molecule has 3 atom stereocenters. The number of carboxylic acid groups (broad SMARTS) is 1. The van der Waals surface area contributed by atoms with Crippen LogP contribution in [0.5, 0.6) is 0 Å². The number of rotatable bonds is 7. The molecule has 0 aromatic carbocycles. The van der Waals surface area contributed by atoms with Crippen molar-refractivity contribution in [2.75, 3.05) is 20.3 Å². The Hall–Kier alpha value is -1.83. The fourth-order valence-electron chi connectivity index (χ4n) is 2.09. The van der Waals surface area contributed by atoms with Crippen LogP contribution in [0.3, 0.4) is 0 Å². The molecule has 1 saturated heterocycles. The van der Waals surface area contributed by atoms with Crippen molar-refractivity contribution in [3.63, 3.8) is 0 Å². The second-order valence-electron chi connectivity index (χ2n) is 5.04. The smallest absolute Gasteiger partial charge is 0.326 e. The van der Waals surface area contributed by atoms with E-state index in [-0.39, 0.29) is 24.8 Å². The van der Waals surface area contributed by atoms with E-state index < -0.39 is 24.0 Å². The number of aliphatic carboxylic acids is 1. The molecular weight excluding hydrogens is 280 g/mol. The topological polar surface area (TPSA) is 114 Å². The standard InChI is InChI=1S/C13H22N2O6/c1-8(9-5-6-21-7-9)14-13(19)15-10(12(17)18)3-4-11(16)20-2/h8-10H,3-7H2,1-2H3,(H,17,18)(H2,14,15,19)/t8?,9?,10-/m1/s1. The van der Waals surface area contributed by atoms with Gasteiger partial charge in [-0.1, -0.05) is 0 Å². The highest BCUT2D eigenvalue weighted by molar-refractivity contribution is 5.83. The minimum Gasteiger partial charge on any atom is -0.480 e. The Morgan fingerprint density at radius 2 is 2.10 bits per heavy atom. The van der Waals surface area contributed by atoms with Crippen molar-refractivity contribution < 1.29 is 29.0 Å². The second kappa shape index (κ2) is 8.46. The lowest BCUT2D eigenvalue weighted by atomic mass is 10.0. The maximum atomic E-state index is 11.8. The zero-order valence-electron chi connectivity index (χ0n) is 12.3. The number of carbonyl (C=O) groups is 3. The lowest BCUT2D eigenvalue weighted by Gasteiger charge is -2.21. The first-order valence-electron chi connectivity index (χ1n) is 6.88. The van der Waals surface area contributed by atoms with Crippen LogP contribution < -0.4 is 10.6 Å². The van der Waals surface area contributed by atoms with Gasteiger partial charge in [0.25, 0.3) is 0 Å². The Labute approximate surface area is 123 Å². The van der Waals surface area contributed by atoms with Gasteiger partial charge in [-0.2, -0.15) is 0 Å². The molecule has 8 nitrogen and oxygen atoms in total. The third-order valence-electron chi connectivity index (χ3n) is 3.50. The zero-order valence-corrected chi connectivity index (χ0v) is 12.3. The molecule has 1 rings (SSSR count). The normalized spacial score (nSPS) is 20.4. The number of esters is 1. The Bertz CT molecular complexity index is 381. The summed E-state index contributed by atoms with van der Waals surface area (Å²) < 4.78 is 9.68. The van der Waals surface area contributed by atoms with Gasteiger partial charge >= 0.3 is 18.0 Å². The molecule has 1 heterocycles. The molecule has 2 unspecified atom stereocenters. The average Bonchev–Trinajstić information content (AvgIpc) is 2.96. The zero-order chi connectivity index (χ0) is 15.8. The van der Waals surface area contributed by atoms with Gasteiger partial charge in [-0.25, -0.2) is 9.59 Å². The van der Waals surface area contributed by atoms with E-state index in [4.69, 9.17) is 9.84 Å². The molecule has 1 aliphatic rings. The first-order chi connectivity index (χ1) is 9.93. The number of methoxy groups -OCH3 is 1. The Morgan fingerprint density at radius 3 is 2.62 bits per heavy atom. The summed E-state index contributed by atoms with van der Waals surface area (Å²) in [4.78, 5) is 33.9. The van der Waals surface area contributed by atoms with E-state index >= 15 is 0 Å². The number of carbonyl (C=O) groups excluding carboxylic acids is 2. The summed E-state index contributed by atoms with van der Waals surface area (Å²) in [6.07, 6.45) is 0.780. The molecule has 1 aliphatic heterocycles. The van der Waals surface area contributed by atoms with Crippen LogP contribution in [0.4, 0.5) is 4.79 Å². The predicted octanol–water partition coefficient (Wildman–Crippen LogP) is 0.117. The van der Waals surface area contributed by atoms with Crippen LogP contribution in [-0.2, 0) is 19.1 Å². The van der Waals surface area contributed by atoms with Gasteiger partial charge in [0.05, 0.1) is 13.7 Å². The molecular formula is C13H22N2O6. The minimum absolute atomic E-state index is 0.0175. The molecule has 0 aromatic rings. The second-order valence-corrected chi connectivity index (χ2v) is 5.04. The molecule has 120 valence electrons. The highest BCUT2D eigenvalue weighted by atomic mass is 16.5. The third kappa shape index (κ3) is 5.99. The van der Waals surface area contributed by atoms with Crippen LogP contribution in [0, 0.1) is 5.92 Å². The number of hydrogen-bond acceptors (Lipinski definition) is 5. The monoisotopic (exact) mass is 302 g/mol. The summed E-state index contributed by atoms with van der Waals surface area (Å²) in [6.45, 7) is 3.12. The number of ether oxygens (including phenoxy) is 2. The maximum absolute atomic E-state index is 11.8. The number of hydrogen-bond donors (Lipinski definition) is 3. The lowest BCUT2D eigenvalue weighted by molar-refractivity contribution is -0.142. The molecule has 0 aliphatic carbocycles. The van der Waals surface area contributed by atoms with E-state index in [1.807, 2.05) is 6.92 Å². The lowest BCUT2D eigenvalue weighted by Crippen LogP contribution is -2.50. The van der Waals surface area contributed by atoms with E-state index in [0.717, 1.165) is 6.42 Å².